The number of carbonyl (C=O) groups excluding carboxylic acids is 1. The third kappa shape index (κ3) is 4.64. The van der Waals surface area contributed by atoms with Crippen molar-refractivity contribution in [1.82, 2.24) is 9.55 Å². The minimum absolute atomic E-state index is 0.0348. The number of nitrogens with one attached hydrogen (secondary N) is 1. The van der Waals surface area contributed by atoms with Crippen molar-refractivity contribution in [3.63, 3.8) is 0 Å². The minimum Gasteiger partial charge on any atom is -0.493 e. The van der Waals surface area contributed by atoms with Crippen LogP contribution in [-0.2, 0) is 4.79 Å². The van der Waals surface area contributed by atoms with Gasteiger partial charge in [-0.3, -0.25) is 14.2 Å². The molecule has 1 aromatic heterocycles. The lowest BCUT2D eigenvalue weighted by Crippen LogP contribution is -2.22. The number of aromatic hydroxyl groups is 1. The summed E-state index contributed by atoms with van der Waals surface area (Å²) < 4.78 is 15.1. The van der Waals surface area contributed by atoms with Crippen LogP contribution in [0.25, 0.3) is 5.69 Å². The quantitative estimate of drug-likeness (QED) is 0.461. The Balaban J connectivity index is 1.83. The number of nitrogens with zero attached hydrogens (tertiary/aromatic N) is 2. The Morgan fingerprint density at radius 2 is 1.96 bits per heavy atom. The van der Waals surface area contributed by atoms with Crippen molar-refractivity contribution in [2.75, 3.05) is 11.1 Å². The van der Waals surface area contributed by atoms with E-state index in [1.807, 2.05) is 0 Å². The highest BCUT2D eigenvalue weighted by atomic mass is 35.5. The summed E-state index contributed by atoms with van der Waals surface area (Å²) in [7, 11) is 0. The van der Waals surface area contributed by atoms with Gasteiger partial charge in [-0.25, -0.2) is 4.39 Å². The topological polar surface area (TPSA) is 84.2 Å². The second kappa shape index (κ2) is 8.64. The van der Waals surface area contributed by atoms with Crippen molar-refractivity contribution in [3.8, 4) is 11.6 Å². The standard InChI is InChI=1S/C18H12Cl2FN3O3S/c19-10-5-6-13(11(20)7-10)22-16(26)9-28-18-23-15(25)8-17(27)24(18)14-4-2-1-3-12(14)21/h1-8,25H,9H2,(H,22,26). The molecule has 0 unspecified atom stereocenters. The predicted octanol–water partition coefficient (Wildman–Crippen LogP) is 4.11. The van der Waals surface area contributed by atoms with Gasteiger partial charge in [-0.05, 0) is 30.3 Å². The molecule has 2 aromatic carbocycles. The van der Waals surface area contributed by atoms with Gasteiger partial charge in [-0.15, -0.1) is 0 Å². The van der Waals surface area contributed by atoms with E-state index >= 15 is 0 Å². The van der Waals surface area contributed by atoms with Gasteiger partial charge in [-0.2, -0.15) is 4.98 Å². The first kappa shape index (κ1) is 20.2. The van der Waals surface area contributed by atoms with Gasteiger partial charge in [0.25, 0.3) is 5.56 Å². The second-order valence-corrected chi connectivity index (χ2v) is 7.27. The fraction of sp³-hybridized carbons (Fsp3) is 0.0556. The molecule has 0 spiro atoms. The highest BCUT2D eigenvalue weighted by Crippen LogP contribution is 2.26. The van der Waals surface area contributed by atoms with E-state index in [0.717, 1.165) is 22.4 Å². The van der Waals surface area contributed by atoms with Crippen molar-refractivity contribution < 1.29 is 14.3 Å². The third-order valence-electron chi connectivity index (χ3n) is 3.51. The molecule has 3 aromatic rings. The molecule has 0 fully saturated rings. The molecule has 0 aliphatic rings. The first-order valence-corrected chi connectivity index (χ1v) is 9.55. The molecule has 1 heterocycles. The Kier molecular flexibility index (Phi) is 6.23. The number of halogens is 3. The van der Waals surface area contributed by atoms with Gasteiger partial charge in [0.2, 0.25) is 11.8 Å². The van der Waals surface area contributed by atoms with Crippen LogP contribution in [0.2, 0.25) is 10.0 Å². The number of hydrogen-bond acceptors (Lipinski definition) is 5. The SMILES string of the molecule is O=C(CSc1nc(O)cc(=O)n1-c1ccccc1F)Nc1ccc(Cl)cc1Cl. The van der Waals surface area contributed by atoms with E-state index in [0.29, 0.717) is 10.7 Å². The summed E-state index contributed by atoms with van der Waals surface area (Å²) >= 11 is 12.7. The number of amides is 1. The zero-order valence-electron chi connectivity index (χ0n) is 14.0. The van der Waals surface area contributed by atoms with Crippen molar-refractivity contribution in [1.29, 1.82) is 0 Å². The third-order valence-corrected chi connectivity index (χ3v) is 4.99. The molecule has 0 bridgehead atoms. The molecule has 0 aliphatic carbocycles. The number of thioether (sulfide) groups is 1. The van der Waals surface area contributed by atoms with Gasteiger partial charge in [0.15, 0.2) is 5.16 Å². The summed E-state index contributed by atoms with van der Waals surface area (Å²) in [6.07, 6.45) is 0. The minimum atomic E-state index is -0.679. The fourth-order valence-electron chi connectivity index (χ4n) is 2.31. The second-order valence-electron chi connectivity index (χ2n) is 5.48. The maximum atomic E-state index is 14.1. The average molecular weight is 440 g/mol. The summed E-state index contributed by atoms with van der Waals surface area (Å²) in [6, 6.07) is 11.1. The van der Waals surface area contributed by atoms with Crippen molar-refractivity contribution in [2.45, 2.75) is 5.16 Å². The zero-order chi connectivity index (χ0) is 20.3. The molecule has 0 radical (unpaired) electrons. The Morgan fingerprint density at radius 3 is 2.68 bits per heavy atom. The predicted molar refractivity (Wildman–Crippen MR) is 107 cm³/mol. The van der Waals surface area contributed by atoms with E-state index in [1.165, 1.54) is 24.3 Å². The lowest BCUT2D eigenvalue weighted by molar-refractivity contribution is -0.113. The number of para-hydroxylation sites is 1. The van der Waals surface area contributed by atoms with Gasteiger partial charge in [0.1, 0.15) is 5.82 Å². The van der Waals surface area contributed by atoms with E-state index in [1.54, 1.807) is 18.2 Å². The van der Waals surface area contributed by atoms with Gasteiger partial charge in [-0.1, -0.05) is 47.1 Å². The number of aromatic nitrogens is 2. The van der Waals surface area contributed by atoms with Crippen LogP contribution in [-0.4, -0.2) is 26.3 Å². The molecule has 1 amide bonds. The number of benzene rings is 2. The van der Waals surface area contributed by atoms with Crippen molar-refractivity contribution in [2.24, 2.45) is 0 Å². The average Bonchev–Trinajstić information content (AvgIpc) is 2.63. The fourth-order valence-corrected chi connectivity index (χ4v) is 3.57. The lowest BCUT2D eigenvalue weighted by Gasteiger charge is -2.12. The van der Waals surface area contributed by atoms with Crippen LogP contribution < -0.4 is 10.9 Å². The highest BCUT2D eigenvalue weighted by Gasteiger charge is 2.16. The Labute approximate surface area is 172 Å². The highest BCUT2D eigenvalue weighted by molar-refractivity contribution is 7.99. The largest absolute Gasteiger partial charge is 0.493 e. The number of anilines is 1. The first-order chi connectivity index (χ1) is 13.3. The molecule has 3 rings (SSSR count). The van der Waals surface area contributed by atoms with E-state index in [4.69, 9.17) is 23.2 Å². The van der Waals surface area contributed by atoms with Crippen molar-refractivity contribution in [3.05, 3.63) is 74.7 Å². The number of carbonyl (C=O) groups is 1. The Bertz CT molecular complexity index is 1110. The lowest BCUT2D eigenvalue weighted by atomic mass is 10.3. The van der Waals surface area contributed by atoms with Crippen LogP contribution in [0.15, 0.2) is 58.5 Å². The van der Waals surface area contributed by atoms with Crippen LogP contribution in [0, 0.1) is 5.82 Å². The number of rotatable bonds is 5. The summed E-state index contributed by atoms with van der Waals surface area (Å²) in [5, 5.41) is 12.9. The van der Waals surface area contributed by atoms with Crippen LogP contribution in [0.1, 0.15) is 0 Å². The molecule has 10 heteroatoms. The molecule has 28 heavy (non-hydrogen) atoms. The molecular weight excluding hydrogens is 428 g/mol. The summed E-state index contributed by atoms with van der Waals surface area (Å²) in [5.41, 5.74) is -0.350. The molecule has 0 aliphatic heterocycles. The van der Waals surface area contributed by atoms with Crippen LogP contribution >= 0.6 is 35.0 Å². The smallest absolute Gasteiger partial charge is 0.262 e. The van der Waals surface area contributed by atoms with Gasteiger partial charge in [0, 0.05) is 5.02 Å². The van der Waals surface area contributed by atoms with Gasteiger partial charge in [0.05, 0.1) is 28.2 Å². The van der Waals surface area contributed by atoms with Crippen LogP contribution in [0.5, 0.6) is 5.88 Å². The molecular formula is C18H12Cl2FN3O3S. The number of hydrogen-bond donors (Lipinski definition) is 2. The Hall–Kier alpha value is -2.55. The molecule has 0 saturated carbocycles. The van der Waals surface area contributed by atoms with E-state index in [2.05, 4.69) is 10.3 Å². The van der Waals surface area contributed by atoms with Gasteiger partial charge < -0.3 is 10.4 Å². The van der Waals surface area contributed by atoms with E-state index < -0.39 is 23.2 Å². The van der Waals surface area contributed by atoms with Crippen molar-refractivity contribution >= 4 is 46.6 Å². The monoisotopic (exact) mass is 439 g/mol. The molecule has 0 atom stereocenters. The molecule has 144 valence electrons. The van der Waals surface area contributed by atoms with E-state index in [-0.39, 0.29) is 21.6 Å². The summed E-state index contributed by atoms with van der Waals surface area (Å²) in [4.78, 5) is 28.4. The molecule has 0 saturated heterocycles. The summed E-state index contributed by atoms with van der Waals surface area (Å²) in [6.45, 7) is 0. The Morgan fingerprint density at radius 1 is 1.21 bits per heavy atom. The van der Waals surface area contributed by atoms with Crippen LogP contribution in [0.3, 0.4) is 0 Å². The maximum Gasteiger partial charge on any atom is 0.262 e. The first-order valence-electron chi connectivity index (χ1n) is 7.81. The van der Waals surface area contributed by atoms with E-state index in [9.17, 15) is 19.1 Å². The zero-order valence-corrected chi connectivity index (χ0v) is 16.4. The summed E-state index contributed by atoms with van der Waals surface area (Å²) in [5.74, 6) is -1.77. The van der Waals surface area contributed by atoms with Gasteiger partial charge >= 0.3 is 0 Å². The molecule has 6 nitrogen and oxygen atoms in total. The van der Waals surface area contributed by atoms with Crippen LogP contribution in [0.4, 0.5) is 10.1 Å². The molecule has 2 N–H and O–H groups in total. The normalized spacial score (nSPS) is 10.7. The maximum absolute atomic E-state index is 14.1.